The Labute approximate surface area is 235 Å². The van der Waals surface area contributed by atoms with E-state index in [2.05, 4.69) is 37.0 Å². The molecule has 1 heterocycles. The highest BCUT2D eigenvalue weighted by Crippen LogP contribution is 2.32. The van der Waals surface area contributed by atoms with E-state index in [-0.39, 0.29) is 23.8 Å². The molecule has 0 bridgehead atoms. The molecule has 5 rings (SSSR count). The fourth-order valence-corrected chi connectivity index (χ4v) is 5.39. The number of rotatable bonds is 7. The molecule has 0 N–H and O–H groups in total. The Kier molecular flexibility index (Phi) is 7.99. The molecule has 0 radical (unpaired) electrons. The van der Waals surface area contributed by atoms with Crippen molar-refractivity contribution in [3.63, 3.8) is 0 Å². The van der Waals surface area contributed by atoms with Crippen molar-refractivity contribution in [3.8, 4) is 5.75 Å². The predicted octanol–water partition coefficient (Wildman–Crippen LogP) is 7.34. The third kappa shape index (κ3) is 5.86. The zero-order chi connectivity index (χ0) is 26.6. The smallest absolute Gasteiger partial charge is 0.282 e. The van der Waals surface area contributed by atoms with Gasteiger partial charge in [0.05, 0.1) is 22.0 Å². The van der Waals surface area contributed by atoms with Crippen molar-refractivity contribution in [2.24, 2.45) is 5.10 Å². The topological polar surface area (TPSA) is 99.6 Å². The number of nitrogens with zero attached hydrogens (tertiary/aromatic N) is 4. The number of benzene rings is 3. The molecule has 10 heteroatoms. The quantitative estimate of drug-likeness (QED) is 0.120. The number of ether oxygens (including phenoxy) is 1. The summed E-state index contributed by atoms with van der Waals surface area (Å²) in [4.78, 5) is 29.0. The molecule has 0 spiro atoms. The molecule has 1 aliphatic carbocycles. The van der Waals surface area contributed by atoms with Gasteiger partial charge in [0.15, 0.2) is 0 Å². The molecule has 8 nitrogen and oxygen atoms in total. The second-order valence-electron chi connectivity index (χ2n) is 9.22. The third-order valence-corrected chi connectivity index (χ3v) is 7.62. The first-order chi connectivity index (χ1) is 18.4. The number of aromatic nitrogens is 2. The van der Waals surface area contributed by atoms with Gasteiger partial charge in [0, 0.05) is 32.6 Å². The van der Waals surface area contributed by atoms with E-state index < -0.39 is 4.92 Å². The van der Waals surface area contributed by atoms with Crippen LogP contribution in [-0.2, 0) is 6.61 Å². The minimum Gasteiger partial charge on any atom is -0.488 e. The Morgan fingerprint density at radius 3 is 2.47 bits per heavy atom. The highest BCUT2D eigenvalue weighted by atomic mass is 79.9. The summed E-state index contributed by atoms with van der Waals surface area (Å²) in [6.07, 6.45) is 6.98. The van der Waals surface area contributed by atoms with Crippen molar-refractivity contribution in [3.05, 3.63) is 107 Å². The molecule has 4 aromatic rings. The molecule has 0 saturated heterocycles. The lowest BCUT2D eigenvalue weighted by atomic mass is 9.88. The summed E-state index contributed by atoms with van der Waals surface area (Å²) in [5.74, 6) is 1.42. The lowest BCUT2D eigenvalue weighted by Crippen LogP contribution is -2.25. The van der Waals surface area contributed by atoms with Gasteiger partial charge in [-0.15, -0.1) is 0 Å². The number of fused-ring (bicyclic) bond motifs is 1. The predicted molar refractivity (Wildman–Crippen MR) is 154 cm³/mol. The maximum Gasteiger partial charge on any atom is 0.282 e. The number of hydrogen-bond donors (Lipinski definition) is 0. The van der Waals surface area contributed by atoms with E-state index in [1.807, 2.05) is 30.3 Å². The van der Waals surface area contributed by atoms with Crippen molar-refractivity contribution in [1.82, 2.24) is 9.66 Å². The van der Waals surface area contributed by atoms with Crippen molar-refractivity contribution < 1.29 is 9.66 Å². The summed E-state index contributed by atoms with van der Waals surface area (Å²) in [6.45, 7) is 0.222. The van der Waals surface area contributed by atoms with Crippen LogP contribution in [0.15, 0.2) is 79.5 Å². The maximum absolute atomic E-state index is 13.6. The normalized spacial score (nSPS) is 14.3. The van der Waals surface area contributed by atoms with Gasteiger partial charge < -0.3 is 4.74 Å². The van der Waals surface area contributed by atoms with Crippen LogP contribution in [0.25, 0.3) is 10.9 Å². The molecule has 0 unspecified atom stereocenters. The highest BCUT2D eigenvalue weighted by Gasteiger charge is 2.22. The Hall–Kier alpha value is -3.37. The van der Waals surface area contributed by atoms with Crippen LogP contribution in [0.2, 0.25) is 0 Å². The first kappa shape index (κ1) is 26.2. The van der Waals surface area contributed by atoms with Crippen LogP contribution in [0.5, 0.6) is 5.75 Å². The molecule has 1 aromatic heterocycles. The number of nitro benzene ring substituents is 1. The molecule has 1 aliphatic rings. The fraction of sp³-hybridized carbons (Fsp3) is 0.250. The number of non-ortho nitro benzene ring substituents is 1. The van der Waals surface area contributed by atoms with Crippen LogP contribution in [0.3, 0.4) is 0 Å². The molecular formula is C28H24Br2N4O4. The fourth-order valence-electron chi connectivity index (χ4n) is 4.65. The molecule has 1 saturated carbocycles. The van der Waals surface area contributed by atoms with Gasteiger partial charge in [0.2, 0.25) is 0 Å². The molecule has 1 fully saturated rings. The number of hydrogen-bond acceptors (Lipinski definition) is 6. The zero-order valence-corrected chi connectivity index (χ0v) is 23.5. The summed E-state index contributed by atoms with van der Waals surface area (Å²) in [5, 5.41) is 16.1. The van der Waals surface area contributed by atoms with Crippen LogP contribution >= 0.6 is 31.9 Å². The summed E-state index contributed by atoms with van der Waals surface area (Å²) in [5.41, 5.74) is 1.95. The van der Waals surface area contributed by atoms with E-state index in [0.29, 0.717) is 28.0 Å². The SMILES string of the molecule is O=c1c2cc(Br)ccc2nc(C2CCCCC2)n1N=Cc1cc(Br)ccc1OCc1ccc([N+](=O)[O-])cc1. The van der Waals surface area contributed by atoms with Crippen LogP contribution in [0.1, 0.15) is 55.0 Å². The van der Waals surface area contributed by atoms with Crippen molar-refractivity contribution in [1.29, 1.82) is 0 Å². The number of halogens is 2. The van der Waals surface area contributed by atoms with Gasteiger partial charge in [0.25, 0.3) is 11.2 Å². The first-order valence-corrected chi connectivity index (χ1v) is 13.9. The summed E-state index contributed by atoms with van der Waals surface area (Å²) >= 11 is 6.96. The van der Waals surface area contributed by atoms with Gasteiger partial charge >= 0.3 is 0 Å². The second kappa shape index (κ2) is 11.6. The Morgan fingerprint density at radius 2 is 1.74 bits per heavy atom. The van der Waals surface area contributed by atoms with E-state index >= 15 is 0 Å². The molecular weight excluding hydrogens is 616 g/mol. The van der Waals surface area contributed by atoms with Gasteiger partial charge in [-0.05, 0) is 66.9 Å². The van der Waals surface area contributed by atoms with Crippen molar-refractivity contribution in [2.45, 2.75) is 44.6 Å². The van der Waals surface area contributed by atoms with Gasteiger partial charge in [-0.2, -0.15) is 9.78 Å². The van der Waals surface area contributed by atoms with E-state index in [4.69, 9.17) is 9.72 Å². The van der Waals surface area contributed by atoms with Crippen molar-refractivity contribution in [2.75, 3.05) is 0 Å². The summed E-state index contributed by atoms with van der Waals surface area (Å²) in [6, 6.07) is 17.3. The van der Waals surface area contributed by atoms with Crippen molar-refractivity contribution >= 4 is 54.7 Å². The van der Waals surface area contributed by atoms with Crippen LogP contribution in [-0.4, -0.2) is 20.8 Å². The molecule has 3 aromatic carbocycles. The van der Waals surface area contributed by atoms with E-state index in [1.165, 1.54) is 23.2 Å². The zero-order valence-electron chi connectivity index (χ0n) is 20.3. The minimum atomic E-state index is -0.433. The average Bonchev–Trinajstić information content (AvgIpc) is 2.93. The Bertz CT molecular complexity index is 1580. The number of nitro groups is 1. The van der Waals surface area contributed by atoms with Gasteiger partial charge in [-0.25, -0.2) is 4.98 Å². The second-order valence-corrected chi connectivity index (χ2v) is 11.1. The summed E-state index contributed by atoms with van der Waals surface area (Å²) < 4.78 is 9.11. The molecule has 0 amide bonds. The van der Waals surface area contributed by atoms with E-state index in [0.717, 1.165) is 40.2 Å². The molecule has 194 valence electrons. The molecule has 0 aliphatic heterocycles. The highest BCUT2D eigenvalue weighted by molar-refractivity contribution is 9.10. The third-order valence-electron chi connectivity index (χ3n) is 6.63. The standard InChI is InChI=1S/C28H24Br2N4O4/c29-21-9-13-26(38-17-18-6-10-23(11-7-18)34(36)37)20(14-21)16-31-33-27(19-4-2-1-3-5-19)32-25-12-8-22(30)15-24(25)28(33)35/h6-16,19H,1-5,17H2. The van der Waals surface area contributed by atoms with Crippen LogP contribution < -0.4 is 10.3 Å². The lowest BCUT2D eigenvalue weighted by molar-refractivity contribution is -0.384. The lowest BCUT2D eigenvalue weighted by Gasteiger charge is -2.22. The molecule has 0 atom stereocenters. The van der Waals surface area contributed by atoms with Gasteiger partial charge in [0.1, 0.15) is 18.2 Å². The average molecular weight is 640 g/mol. The largest absolute Gasteiger partial charge is 0.488 e. The van der Waals surface area contributed by atoms with Crippen LogP contribution in [0, 0.1) is 10.1 Å². The molecule has 38 heavy (non-hydrogen) atoms. The summed E-state index contributed by atoms with van der Waals surface area (Å²) in [7, 11) is 0. The van der Waals surface area contributed by atoms with E-state index in [9.17, 15) is 14.9 Å². The first-order valence-electron chi connectivity index (χ1n) is 12.3. The van der Waals surface area contributed by atoms with E-state index in [1.54, 1.807) is 24.4 Å². The van der Waals surface area contributed by atoms with Gasteiger partial charge in [-0.3, -0.25) is 14.9 Å². The van der Waals surface area contributed by atoms with Crippen LogP contribution in [0.4, 0.5) is 5.69 Å². The van der Waals surface area contributed by atoms with Gasteiger partial charge in [-0.1, -0.05) is 51.1 Å². The Balaban J connectivity index is 1.49. The monoisotopic (exact) mass is 638 g/mol. The Morgan fingerprint density at radius 1 is 1.03 bits per heavy atom. The maximum atomic E-state index is 13.6. The minimum absolute atomic E-state index is 0.0282.